The molecule has 2 unspecified atom stereocenters. The lowest BCUT2D eigenvalue weighted by Gasteiger charge is -2.36. The minimum absolute atomic E-state index is 0.0148. The van der Waals surface area contributed by atoms with Crippen LogP contribution in [0, 0.1) is 22.6 Å². The summed E-state index contributed by atoms with van der Waals surface area (Å²) in [5, 5.41) is 36.2. The molecule has 2 atom stereocenters. The summed E-state index contributed by atoms with van der Waals surface area (Å²) in [6.07, 6.45) is -0.438. The molecule has 0 radical (unpaired) electrons. The van der Waals surface area contributed by atoms with Crippen LogP contribution in [-0.2, 0) is 4.79 Å². The van der Waals surface area contributed by atoms with Gasteiger partial charge >= 0.3 is 5.97 Å². The fraction of sp³-hybridized carbons (Fsp3) is 0.333. The molecule has 2 aromatic carbocycles. The van der Waals surface area contributed by atoms with Crippen molar-refractivity contribution in [3.63, 3.8) is 0 Å². The summed E-state index contributed by atoms with van der Waals surface area (Å²) in [7, 11) is 0. The molecule has 0 fully saturated rings. The van der Waals surface area contributed by atoms with E-state index in [1.165, 1.54) is 30.3 Å². The second-order valence-corrected chi connectivity index (χ2v) is 9.90. The van der Waals surface area contributed by atoms with E-state index in [0.29, 0.717) is 11.1 Å². The standard InChI is InChI=1S/C27H29FN4O5/c1-26(2,3)27(4,36)16-37-23-13-21(31-32(23)22-11-6-5-10-19(22)28)25(35)30-20(14-24(33)34)18-9-7-8-17(12-18)15-29/h5-13,20,36H,14,16H2,1-4H3,(H,30,35)(H,33,34). The zero-order valence-electron chi connectivity index (χ0n) is 21.0. The first-order valence-corrected chi connectivity index (χ1v) is 11.6. The molecular weight excluding hydrogens is 479 g/mol. The van der Waals surface area contributed by atoms with Gasteiger partial charge in [-0.15, -0.1) is 0 Å². The van der Waals surface area contributed by atoms with Crippen LogP contribution in [0.4, 0.5) is 4.39 Å². The SMILES string of the molecule is CC(C)(C)C(C)(O)COc1cc(C(=O)NC(CC(=O)O)c2cccc(C#N)c2)nn1-c1ccccc1F. The fourth-order valence-electron chi connectivity index (χ4n) is 3.29. The number of nitriles is 1. The molecule has 10 heteroatoms. The van der Waals surface area contributed by atoms with E-state index in [0.717, 1.165) is 4.68 Å². The van der Waals surface area contributed by atoms with E-state index in [9.17, 15) is 29.5 Å². The Labute approximate surface area is 214 Å². The summed E-state index contributed by atoms with van der Waals surface area (Å²) < 4.78 is 21.6. The summed E-state index contributed by atoms with van der Waals surface area (Å²) in [5.41, 5.74) is -1.19. The summed E-state index contributed by atoms with van der Waals surface area (Å²) in [6, 6.07) is 14.4. The van der Waals surface area contributed by atoms with E-state index >= 15 is 0 Å². The lowest BCUT2D eigenvalue weighted by molar-refractivity contribution is -0.137. The molecule has 3 N–H and O–H groups in total. The summed E-state index contributed by atoms with van der Waals surface area (Å²) in [6.45, 7) is 6.96. The summed E-state index contributed by atoms with van der Waals surface area (Å²) in [5.74, 6) is -2.47. The zero-order valence-corrected chi connectivity index (χ0v) is 21.0. The van der Waals surface area contributed by atoms with Gasteiger partial charge in [0, 0.05) is 6.07 Å². The first-order chi connectivity index (χ1) is 17.3. The Morgan fingerprint density at radius 2 is 1.86 bits per heavy atom. The summed E-state index contributed by atoms with van der Waals surface area (Å²) in [4.78, 5) is 24.6. The van der Waals surface area contributed by atoms with Gasteiger partial charge in [0.25, 0.3) is 5.91 Å². The van der Waals surface area contributed by atoms with E-state index < -0.39 is 41.2 Å². The van der Waals surface area contributed by atoms with Gasteiger partial charge in [-0.05, 0) is 42.2 Å². The van der Waals surface area contributed by atoms with E-state index in [4.69, 9.17) is 4.74 Å². The number of carbonyl (C=O) groups is 2. The predicted octanol–water partition coefficient (Wildman–Crippen LogP) is 4.00. The van der Waals surface area contributed by atoms with Gasteiger partial charge in [-0.2, -0.15) is 15.0 Å². The smallest absolute Gasteiger partial charge is 0.305 e. The Morgan fingerprint density at radius 1 is 1.16 bits per heavy atom. The number of halogens is 1. The first kappa shape index (κ1) is 27.4. The van der Waals surface area contributed by atoms with Crippen LogP contribution in [0.5, 0.6) is 5.88 Å². The number of hydrogen-bond donors (Lipinski definition) is 3. The number of hydrogen-bond acceptors (Lipinski definition) is 6. The highest BCUT2D eigenvalue weighted by molar-refractivity contribution is 5.93. The zero-order chi connectivity index (χ0) is 27.4. The number of aliphatic carboxylic acids is 1. The molecule has 37 heavy (non-hydrogen) atoms. The number of rotatable bonds is 9. The molecule has 0 aliphatic rings. The van der Waals surface area contributed by atoms with Gasteiger partial charge in [-0.1, -0.05) is 45.0 Å². The van der Waals surface area contributed by atoms with Crippen molar-refractivity contribution < 1.29 is 28.9 Å². The van der Waals surface area contributed by atoms with Crippen LogP contribution in [0.2, 0.25) is 0 Å². The maximum Gasteiger partial charge on any atom is 0.305 e. The molecule has 1 amide bonds. The number of carbonyl (C=O) groups excluding carboxylic acids is 1. The van der Waals surface area contributed by atoms with Crippen molar-refractivity contribution in [1.29, 1.82) is 5.26 Å². The number of para-hydroxylation sites is 1. The van der Waals surface area contributed by atoms with Crippen LogP contribution < -0.4 is 10.1 Å². The van der Waals surface area contributed by atoms with Gasteiger partial charge in [0.05, 0.1) is 24.1 Å². The van der Waals surface area contributed by atoms with Crippen molar-refractivity contribution in [3.05, 3.63) is 77.2 Å². The van der Waals surface area contributed by atoms with Crippen LogP contribution in [0.1, 0.15) is 61.8 Å². The Kier molecular flexibility index (Phi) is 7.99. The van der Waals surface area contributed by atoms with E-state index in [1.54, 1.807) is 31.2 Å². The molecule has 0 aliphatic heterocycles. The second kappa shape index (κ2) is 10.8. The Morgan fingerprint density at radius 3 is 2.49 bits per heavy atom. The number of benzene rings is 2. The monoisotopic (exact) mass is 508 g/mol. The molecule has 1 heterocycles. The highest BCUT2D eigenvalue weighted by atomic mass is 19.1. The third-order valence-electron chi connectivity index (χ3n) is 6.21. The lowest BCUT2D eigenvalue weighted by Crippen LogP contribution is -2.45. The first-order valence-electron chi connectivity index (χ1n) is 11.6. The van der Waals surface area contributed by atoms with Crippen LogP contribution >= 0.6 is 0 Å². The average molecular weight is 509 g/mol. The van der Waals surface area contributed by atoms with Crippen molar-refractivity contribution in [2.24, 2.45) is 5.41 Å². The Bertz CT molecular complexity index is 1340. The van der Waals surface area contributed by atoms with Crippen LogP contribution in [0.3, 0.4) is 0 Å². The minimum Gasteiger partial charge on any atom is -0.481 e. The number of amides is 1. The molecule has 0 saturated heterocycles. The highest BCUT2D eigenvalue weighted by Gasteiger charge is 2.36. The minimum atomic E-state index is -1.27. The number of carboxylic acids is 1. The third-order valence-corrected chi connectivity index (χ3v) is 6.21. The number of ether oxygens (including phenoxy) is 1. The lowest BCUT2D eigenvalue weighted by atomic mass is 9.78. The number of nitrogens with one attached hydrogen (secondary N) is 1. The molecular formula is C27H29FN4O5. The second-order valence-electron chi connectivity index (χ2n) is 9.90. The number of nitrogens with zero attached hydrogens (tertiary/aromatic N) is 3. The van der Waals surface area contributed by atoms with Crippen molar-refractivity contribution >= 4 is 11.9 Å². The van der Waals surface area contributed by atoms with Crippen LogP contribution in [0.25, 0.3) is 5.69 Å². The highest BCUT2D eigenvalue weighted by Crippen LogP contribution is 2.31. The van der Waals surface area contributed by atoms with Crippen molar-refractivity contribution in [2.75, 3.05) is 6.61 Å². The van der Waals surface area contributed by atoms with Gasteiger partial charge in [-0.25, -0.2) is 4.39 Å². The normalized spacial score (nSPS) is 13.8. The molecule has 0 saturated carbocycles. The van der Waals surface area contributed by atoms with Gasteiger partial charge in [0.1, 0.15) is 23.7 Å². The maximum absolute atomic E-state index is 14.6. The molecule has 0 bridgehead atoms. The number of aromatic nitrogens is 2. The van der Waals surface area contributed by atoms with Crippen LogP contribution in [0.15, 0.2) is 54.6 Å². The van der Waals surface area contributed by atoms with E-state index in [2.05, 4.69) is 10.4 Å². The molecule has 0 spiro atoms. The third kappa shape index (κ3) is 6.51. The maximum atomic E-state index is 14.6. The molecule has 0 aliphatic carbocycles. The molecule has 194 valence electrons. The molecule has 9 nitrogen and oxygen atoms in total. The Balaban J connectivity index is 1.97. The van der Waals surface area contributed by atoms with Crippen molar-refractivity contribution in [1.82, 2.24) is 15.1 Å². The van der Waals surface area contributed by atoms with Crippen LogP contribution in [-0.4, -0.2) is 44.1 Å². The average Bonchev–Trinajstić information content (AvgIpc) is 3.26. The predicted molar refractivity (Wildman–Crippen MR) is 133 cm³/mol. The molecule has 1 aromatic heterocycles. The van der Waals surface area contributed by atoms with E-state index in [1.807, 2.05) is 26.8 Å². The number of carboxylic acid groups (broad SMARTS) is 1. The van der Waals surface area contributed by atoms with Gasteiger partial charge in [0.15, 0.2) is 5.69 Å². The number of aliphatic hydroxyl groups is 1. The van der Waals surface area contributed by atoms with Gasteiger partial charge < -0.3 is 20.3 Å². The van der Waals surface area contributed by atoms with Gasteiger partial charge in [0.2, 0.25) is 5.88 Å². The Hall–Kier alpha value is -4.23. The molecule has 3 rings (SSSR count). The fourth-order valence-corrected chi connectivity index (χ4v) is 3.29. The largest absolute Gasteiger partial charge is 0.481 e. The van der Waals surface area contributed by atoms with Gasteiger partial charge in [-0.3, -0.25) is 9.59 Å². The quantitative estimate of drug-likeness (QED) is 0.397. The summed E-state index contributed by atoms with van der Waals surface area (Å²) >= 11 is 0. The van der Waals surface area contributed by atoms with Crippen molar-refractivity contribution in [3.8, 4) is 17.6 Å². The van der Waals surface area contributed by atoms with E-state index in [-0.39, 0.29) is 23.9 Å². The van der Waals surface area contributed by atoms with Crippen molar-refractivity contribution in [2.45, 2.75) is 45.8 Å². The molecule has 3 aromatic rings. The topological polar surface area (TPSA) is 137 Å².